The van der Waals surface area contributed by atoms with Gasteiger partial charge >= 0.3 is 12.3 Å². The molecule has 1 aliphatic heterocycles. The van der Waals surface area contributed by atoms with E-state index in [1.807, 2.05) is 0 Å². The van der Waals surface area contributed by atoms with E-state index in [0.29, 0.717) is 12.8 Å². The number of hydrogen-bond donors (Lipinski definition) is 1. The average Bonchev–Trinajstić information content (AvgIpc) is 2.38. The Morgan fingerprint density at radius 3 is 2.32 bits per heavy atom. The highest BCUT2D eigenvalue weighted by atomic mass is 19.4. The molecule has 0 radical (unpaired) electrons. The minimum Gasteiger partial charge on any atom is -0.465 e. The number of rotatable bonds is 1. The van der Waals surface area contributed by atoms with Gasteiger partial charge in [0.25, 0.3) is 0 Å². The predicted molar refractivity (Wildman–Crippen MR) is 63.0 cm³/mol. The normalized spacial score (nSPS) is 17.5. The van der Waals surface area contributed by atoms with Gasteiger partial charge in [0, 0.05) is 13.1 Å². The van der Waals surface area contributed by atoms with Crippen molar-refractivity contribution in [3.05, 3.63) is 35.4 Å². The van der Waals surface area contributed by atoms with Gasteiger partial charge in [-0.3, -0.25) is 0 Å². The summed E-state index contributed by atoms with van der Waals surface area (Å²) >= 11 is 0. The van der Waals surface area contributed by atoms with Gasteiger partial charge in [-0.05, 0) is 30.4 Å². The topological polar surface area (TPSA) is 40.5 Å². The Kier molecular flexibility index (Phi) is 3.68. The van der Waals surface area contributed by atoms with Crippen LogP contribution in [0.5, 0.6) is 0 Å². The van der Waals surface area contributed by atoms with Gasteiger partial charge in [-0.2, -0.15) is 13.2 Å². The molecule has 19 heavy (non-hydrogen) atoms. The lowest BCUT2D eigenvalue weighted by Crippen LogP contribution is -2.37. The van der Waals surface area contributed by atoms with Gasteiger partial charge in [0.05, 0.1) is 5.56 Å². The van der Waals surface area contributed by atoms with E-state index < -0.39 is 17.8 Å². The number of alkyl halides is 3. The third-order valence-electron chi connectivity index (χ3n) is 3.47. The summed E-state index contributed by atoms with van der Waals surface area (Å²) in [5.41, 5.74) is -0.330. The van der Waals surface area contributed by atoms with Crippen molar-refractivity contribution in [2.75, 3.05) is 13.1 Å². The second kappa shape index (κ2) is 5.11. The van der Waals surface area contributed by atoms with E-state index in [-0.39, 0.29) is 24.6 Å². The van der Waals surface area contributed by atoms with Crippen LogP contribution in [0.2, 0.25) is 0 Å². The molecule has 104 valence electrons. The summed E-state index contributed by atoms with van der Waals surface area (Å²) < 4.78 is 38.7. The minimum absolute atomic E-state index is 0.228. The Hall–Kier alpha value is -1.72. The highest BCUT2D eigenvalue weighted by molar-refractivity contribution is 5.65. The number of nitrogens with zero attached hydrogens (tertiary/aromatic N) is 1. The highest BCUT2D eigenvalue weighted by Crippen LogP contribution is 2.38. The van der Waals surface area contributed by atoms with Crippen LogP contribution in [0, 0.1) is 0 Å². The fourth-order valence-corrected chi connectivity index (χ4v) is 2.49. The van der Waals surface area contributed by atoms with Gasteiger partial charge in [0.1, 0.15) is 0 Å². The molecule has 2 rings (SSSR count). The van der Waals surface area contributed by atoms with Gasteiger partial charge in [0.2, 0.25) is 0 Å². The summed E-state index contributed by atoms with van der Waals surface area (Å²) in [5.74, 6) is -0.228. The van der Waals surface area contributed by atoms with Crippen molar-refractivity contribution in [1.82, 2.24) is 4.90 Å². The predicted octanol–water partition coefficient (Wildman–Crippen LogP) is 3.56. The van der Waals surface area contributed by atoms with Crippen molar-refractivity contribution in [1.29, 1.82) is 0 Å². The molecule has 1 saturated heterocycles. The maximum Gasteiger partial charge on any atom is 0.416 e. The quantitative estimate of drug-likeness (QED) is 0.849. The van der Waals surface area contributed by atoms with Crippen LogP contribution in [0.4, 0.5) is 18.0 Å². The Balaban J connectivity index is 2.18. The molecule has 6 heteroatoms. The molecule has 0 aromatic heterocycles. The summed E-state index contributed by atoms with van der Waals surface area (Å²) in [7, 11) is 0. The first kappa shape index (κ1) is 13.7. The summed E-state index contributed by atoms with van der Waals surface area (Å²) in [6.45, 7) is 0.568. The molecule has 3 nitrogen and oxygen atoms in total. The summed E-state index contributed by atoms with van der Waals surface area (Å²) in [4.78, 5) is 12.0. The smallest absolute Gasteiger partial charge is 0.416 e. The lowest BCUT2D eigenvalue weighted by Gasteiger charge is -2.31. The van der Waals surface area contributed by atoms with E-state index in [2.05, 4.69) is 0 Å². The lowest BCUT2D eigenvalue weighted by molar-refractivity contribution is -0.138. The van der Waals surface area contributed by atoms with E-state index in [1.165, 1.54) is 17.0 Å². The van der Waals surface area contributed by atoms with Gasteiger partial charge in [0.15, 0.2) is 0 Å². The van der Waals surface area contributed by atoms with Crippen LogP contribution in [0.15, 0.2) is 24.3 Å². The fraction of sp³-hybridized carbons (Fsp3) is 0.462. The van der Waals surface area contributed by atoms with E-state index in [4.69, 9.17) is 5.11 Å². The maximum absolute atomic E-state index is 12.9. The molecule has 1 amide bonds. The molecule has 0 saturated carbocycles. The van der Waals surface area contributed by atoms with Crippen molar-refractivity contribution in [3.8, 4) is 0 Å². The summed E-state index contributed by atoms with van der Waals surface area (Å²) in [6, 6.07) is 5.54. The minimum atomic E-state index is -4.36. The number of hydrogen-bond acceptors (Lipinski definition) is 1. The van der Waals surface area contributed by atoms with Crippen LogP contribution in [0.1, 0.15) is 29.9 Å². The van der Waals surface area contributed by atoms with Crippen molar-refractivity contribution < 1.29 is 23.1 Å². The molecule has 1 N–H and O–H groups in total. The number of likely N-dealkylation sites (tertiary alicyclic amines) is 1. The number of benzene rings is 1. The van der Waals surface area contributed by atoms with Crippen LogP contribution in [0.3, 0.4) is 0 Å². The Labute approximate surface area is 108 Å². The molecular formula is C13H14F3NO2. The van der Waals surface area contributed by atoms with Gasteiger partial charge in [-0.1, -0.05) is 18.2 Å². The Morgan fingerprint density at radius 1 is 1.21 bits per heavy atom. The second-order valence-electron chi connectivity index (χ2n) is 4.63. The third kappa shape index (κ3) is 3.00. The van der Waals surface area contributed by atoms with Crippen LogP contribution < -0.4 is 0 Å². The number of amides is 1. The lowest BCUT2D eigenvalue weighted by atomic mass is 9.86. The number of carboxylic acid groups (broad SMARTS) is 1. The zero-order chi connectivity index (χ0) is 14.0. The molecule has 0 unspecified atom stereocenters. The monoisotopic (exact) mass is 273 g/mol. The molecule has 1 fully saturated rings. The summed E-state index contributed by atoms with van der Waals surface area (Å²) in [6.07, 6.45) is -4.51. The number of halogens is 3. The van der Waals surface area contributed by atoms with Crippen molar-refractivity contribution in [2.24, 2.45) is 0 Å². The molecule has 0 atom stereocenters. The zero-order valence-corrected chi connectivity index (χ0v) is 10.2. The molecule has 0 aliphatic carbocycles. The molecular weight excluding hydrogens is 259 g/mol. The maximum atomic E-state index is 12.9. The van der Waals surface area contributed by atoms with Crippen LogP contribution in [-0.2, 0) is 6.18 Å². The SMILES string of the molecule is O=C(O)N1CCC(c2ccccc2C(F)(F)F)CC1. The molecule has 1 heterocycles. The van der Waals surface area contributed by atoms with E-state index in [1.54, 1.807) is 6.07 Å². The van der Waals surface area contributed by atoms with Crippen LogP contribution in [0.25, 0.3) is 0 Å². The molecule has 0 spiro atoms. The molecule has 0 bridgehead atoms. The standard InChI is InChI=1S/C13H14F3NO2/c14-13(15,16)11-4-2-1-3-10(11)9-5-7-17(8-6-9)12(18)19/h1-4,9H,5-8H2,(H,18,19). The van der Waals surface area contributed by atoms with Crippen molar-refractivity contribution in [3.63, 3.8) is 0 Å². The molecule has 1 aliphatic rings. The average molecular weight is 273 g/mol. The van der Waals surface area contributed by atoms with E-state index in [0.717, 1.165) is 6.07 Å². The first-order valence-electron chi connectivity index (χ1n) is 6.03. The second-order valence-corrected chi connectivity index (χ2v) is 4.63. The zero-order valence-electron chi connectivity index (χ0n) is 10.2. The highest BCUT2D eigenvalue weighted by Gasteiger charge is 2.35. The number of carbonyl (C=O) groups is 1. The fourth-order valence-electron chi connectivity index (χ4n) is 2.49. The van der Waals surface area contributed by atoms with Gasteiger partial charge in [-0.15, -0.1) is 0 Å². The van der Waals surface area contributed by atoms with Crippen molar-refractivity contribution >= 4 is 6.09 Å². The Morgan fingerprint density at radius 2 is 1.79 bits per heavy atom. The number of piperidine rings is 1. The van der Waals surface area contributed by atoms with Crippen LogP contribution >= 0.6 is 0 Å². The molecule has 1 aromatic rings. The van der Waals surface area contributed by atoms with E-state index in [9.17, 15) is 18.0 Å². The largest absolute Gasteiger partial charge is 0.465 e. The van der Waals surface area contributed by atoms with Crippen molar-refractivity contribution in [2.45, 2.75) is 24.9 Å². The summed E-state index contributed by atoms with van der Waals surface area (Å²) in [5, 5.41) is 8.82. The first-order valence-corrected chi connectivity index (χ1v) is 6.03. The van der Waals surface area contributed by atoms with Crippen LogP contribution in [-0.4, -0.2) is 29.2 Å². The molecule has 1 aromatic carbocycles. The first-order chi connectivity index (χ1) is 8.89. The van der Waals surface area contributed by atoms with Gasteiger partial charge < -0.3 is 10.0 Å². The Bertz CT molecular complexity index is 465. The van der Waals surface area contributed by atoms with Gasteiger partial charge in [-0.25, -0.2) is 4.79 Å². The third-order valence-corrected chi connectivity index (χ3v) is 3.47. The van der Waals surface area contributed by atoms with E-state index >= 15 is 0 Å².